The summed E-state index contributed by atoms with van der Waals surface area (Å²) in [6.45, 7) is 2.89. The van der Waals surface area contributed by atoms with Crippen LogP contribution in [0.4, 0.5) is 4.79 Å². The van der Waals surface area contributed by atoms with Gasteiger partial charge in [0.15, 0.2) is 12.4 Å². The van der Waals surface area contributed by atoms with Crippen molar-refractivity contribution in [2.45, 2.75) is 54.4 Å². The standard InChI is InChI=1S/C28H27NO5S/c1-18-12-14-21(15-13-18)35-27-23-25(34-28(30)29(23)16-19-8-4-2-5-9-19)24-22(32-27)17-31-26(33-24)20-10-6-3-7-11-20/h2-15,22-27H,16-17H2,1H3/t22-,23-,24-,25-,26?,27+/m1/s1. The zero-order chi connectivity index (χ0) is 23.8. The molecule has 0 spiro atoms. The van der Waals surface area contributed by atoms with Crippen molar-refractivity contribution in [1.29, 1.82) is 0 Å². The average molecular weight is 490 g/mol. The summed E-state index contributed by atoms with van der Waals surface area (Å²) >= 11 is 1.61. The van der Waals surface area contributed by atoms with Gasteiger partial charge in [-0.25, -0.2) is 4.79 Å². The molecule has 6 nitrogen and oxygen atoms in total. The largest absolute Gasteiger partial charge is 0.441 e. The second-order valence-corrected chi connectivity index (χ2v) is 10.3. The Balaban J connectivity index is 1.30. The minimum absolute atomic E-state index is 0.301. The number of ether oxygens (including phenoxy) is 4. The summed E-state index contributed by atoms with van der Waals surface area (Å²) in [6.07, 6.45) is -2.07. The maximum absolute atomic E-state index is 13.2. The SMILES string of the molecule is Cc1ccc(S[C@@H]2O[C@@H]3COC(c4ccccc4)O[C@H]3[C@@H]3OC(=O)N(Cc4ccccc4)[C@H]32)cc1. The Morgan fingerprint density at radius 3 is 2.34 bits per heavy atom. The predicted molar refractivity (Wildman–Crippen MR) is 132 cm³/mol. The van der Waals surface area contributed by atoms with Crippen LogP contribution < -0.4 is 0 Å². The van der Waals surface area contributed by atoms with Gasteiger partial charge in [-0.2, -0.15) is 0 Å². The molecule has 0 aromatic heterocycles. The van der Waals surface area contributed by atoms with Crippen molar-refractivity contribution in [3.63, 3.8) is 0 Å². The third kappa shape index (κ3) is 4.57. The molecule has 0 aliphatic carbocycles. The minimum atomic E-state index is -0.523. The van der Waals surface area contributed by atoms with E-state index >= 15 is 0 Å². The van der Waals surface area contributed by atoms with E-state index in [0.717, 1.165) is 16.0 Å². The third-order valence-electron chi connectivity index (χ3n) is 6.68. The number of nitrogens with zero attached hydrogens (tertiary/aromatic N) is 1. The summed E-state index contributed by atoms with van der Waals surface area (Å²) < 4.78 is 25.0. The van der Waals surface area contributed by atoms with Crippen LogP contribution in [-0.4, -0.2) is 47.4 Å². The molecule has 1 amide bonds. The number of fused-ring (bicyclic) bond motifs is 3. The van der Waals surface area contributed by atoms with Gasteiger partial charge in [0, 0.05) is 17.0 Å². The molecule has 0 saturated carbocycles. The Kier molecular flexibility index (Phi) is 6.24. The number of carbonyl (C=O) groups is 1. The predicted octanol–water partition coefficient (Wildman–Crippen LogP) is 5.32. The van der Waals surface area contributed by atoms with Gasteiger partial charge in [0.25, 0.3) is 0 Å². The molecule has 1 unspecified atom stereocenters. The molecule has 0 bridgehead atoms. The molecule has 3 fully saturated rings. The zero-order valence-corrected chi connectivity index (χ0v) is 20.2. The highest BCUT2D eigenvalue weighted by Gasteiger charge is 2.58. The minimum Gasteiger partial charge on any atom is -0.441 e. The fourth-order valence-corrected chi connectivity index (χ4v) is 6.11. The van der Waals surface area contributed by atoms with E-state index in [4.69, 9.17) is 18.9 Å². The number of amides is 1. The smallest absolute Gasteiger partial charge is 0.411 e. The van der Waals surface area contributed by atoms with Crippen LogP contribution in [0.1, 0.15) is 23.0 Å². The number of rotatable bonds is 5. The Morgan fingerprint density at radius 2 is 1.60 bits per heavy atom. The Hall–Kier alpha value is -2.84. The van der Waals surface area contributed by atoms with Crippen LogP contribution in [0.3, 0.4) is 0 Å². The Bertz CT molecular complexity index is 1160. The number of hydrogen-bond acceptors (Lipinski definition) is 6. The van der Waals surface area contributed by atoms with E-state index < -0.39 is 18.5 Å². The van der Waals surface area contributed by atoms with Gasteiger partial charge in [-0.3, -0.25) is 4.90 Å². The lowest BCUT2D eigenvalue weighted by atomic mass is 9.96. The van der Waals surface area contributed by atoms with Crippen molar-refractivity contribution in [1.82, 2.24) is 4.90 Å². The molecule has 3 aromatic rings. The van der Waals surface area contributed by atoms with Crippen molar-refractivity contribution in [3.05, 3.63) is 102 Å². The van der Waals surface area contributed by atoms with Crippen LogP contribution in [-0.2, 0) is 25.5 Å². The van der Waals surface area contributed by atoms with Crippen LogP contribution >= 0.6 is 11.8 Å². The van der Waals surface area contributed by atoms with Gasteiger partial charge in [-0.1, -0.05) is 90.1 Å². The maximum atomic E-state index is 13.2. The molecule has 0 radical (unpaired) electrons. The first-order valence-corrected chi connectivity index (χ1v) is 12.8. The van der Waals surface area contributed by atoms with E-state index in [1.165, 1.54) is 5.56 Å². The van der Waals surface area contributed by atoms with E-state index in [0.29, 0.717) is 13.2 Å². The average Bonchev–Trinajstić information content (AvgIpc) is 3.22. The molecule has 180 valence electrons. The van der Waals surface area contributed by atoms with Gasteiger partial charge in [0.05, 0.1) is 6.61 Å². The normalized spacial score (nSPS) is 29.9. The third-order valence-corrected chi connectivity index (χ3v) is 7.85. The van der Waals surface area contributed by atoms with Gasteiger partial charge in [-0.15, -0.1) is 0 Å². The molecule has 3 saturated heterocycles. The summed E-state index contributed by atoms with van der Waals surface area (Å²) in [5, 5.41) is 0. The number of carbonyl (C=O) groups excluding carboxylic acids is 1. The van der Waals surface area contributed by atoms with Crippen molar-refractivity contribution in [2.75, 3.05) is 6.61 Å². The van der Waals surface area contributed by atoms with E-state index in [9.17, 15) is 4.79 Å². The summed E-state index contributed by atoms with van der Waals surface area (Å²) in [6, 6.07) is 27.8. The first kappa shape index (κ1) is 22.6. The molecule has 3 aromatic carbocycles. The monoisotopic (exact) mass is 489 g/mol. The molecular formula is C28H27NO5S. The highest BCUT2D eigenvalue weighted by molar-refractivity contribution is 7.99. The lowest BCUT2D eigenvalue weighted by Gasteiger charge is -2.47. The molecule has 35 heavy (non-hydrogen) atoms. The molecule has 7 heteroatoms. The number of hydrogen-bond donors (Lipinski definition) is 0. The Morgan fingerprint density at radius 1 is 0.886 bits per heavy atom. The zero-order valence-electron chi connectivity index (χ0n) is 19.4. The van der Waals surface area contributed by atoms with Crippen LogP contribution in [0.25, 0.3) is 0 Å². The number of aryl methyl sites for hydroxylation is 1. The number of benzene rings is 3. The summed E-state index contributed by atoms with van der Waals surface area (Å²) in [7, 11) is 0. The fraction of sp³-hybridized carbons (Fsp3) is 0.321. The highest BCUT2D eigenvalue weighted by Crippen LogP contribution is 2.44. The van der Waals surface area contributed by atoms with Crippen LogP contribution in [0, 0.1) is 6.92 Å². The molecule has 3 heterocycles. The van der Waals surface area contributed by atoms with E-state index in [1.807, 2.05) is 60.7 Å². The Labute approximate surface area is 209 Å². The van der Waals surface area contributed by atoms with Crippen molar-refractivity contribution in [2.24, 2.45) is 0 Å². The van der Waals surface area contributed by atoms with Crippen molar-refractivity contribution in [3.8, 4) is 0 Å². The van der Waals surface area contributed by atoms with Crippen molar-refractivity contribution < 1.29 is 23.7 Å². The van der Waals surface area contributed by atoms with Crippen LogP contribution in [0.5, 0.6) is 0 Å². The maximum Gasteiger partial charge on any atom is 0.411 e. The first-order valence-electron chi connectivity index (χ1n) is 11.9. The molecular weight excluding hydrogens is 462 g/mol. The van der Waals surface area contributed by atoms with Gasteiger partial charge < -0.3 is 18.9 Å². The fourth-order valence-electron chi connectivity index (χ4n) is 4.90. The van der Waals surface area contributed by atoms with E-state index in [2.05, 4.69) is 31.2 Å². The highest BCUT2D eigenvalue weighted by atomic mass is 32.2. The van der Waals surface area contributed by atoms with E-state index in [-0.39, 0.29) is 23.7 Å². The van der Waals surface area contributed by atoms with Gasteiger partial charge in [0.2, 0.25) is 0 Å². The van der Waals surface area contributed by atoms with Gasteiger partial charge >= 0.3 is 6.09 Å². The molecule has 3 aliphatic heterocycles. The summed E-state index contributed by atoms with van der Waals surface area (Å²) in [4.78, 5) is 16.0. The quantitative estimate of drug-likeness (QED) is 0.484. The van der Waals surface area contributed by atoms with Gasteiger partial charge in [-0.05, 0) is 24.6 Å². The first-order chi connectivity index (χ1) is 17.2. The molecule has 6 rings (SSSR count). The number of thioether (sulfide) groups is 1. The summed E-state index contributed by atoms with van der Waals surface area (Å²) in [5.74, 6) is 0. The van der Waals surface area contributed by atoms with Gasteiger partial charge in [0.1, 0.15) is 23.7 Å². The molecule has 3 aliphatic rings. The molecule has 0 N–H and O–H groups in total. The topological polar surface area (TPSA) is 57.2 Å². The second-order valence-electron chi connectivity index (χ2n) is 9.10. The lowest BCUT2D eigenvalue weighted by molar-refractivity contribution is -0.303. The second kappa shape index (κ2) is 9.66. The molecule has 6 atom stereocenters. The summed E-state index contributed by atoms with van der Waals surface area (Å²) in [5.41, 5.74) is 2.85. The van der Waals surface area contributed by atoms with Crippen molar-refractivity contribution >= 4 is 17.9 Å². The van der Waals surface area contributed by atoms with E-state index in [1.54, 1.807) is 16.7 Å². The van der Waals surface area contributed by atoms with Crippen LogP contribution in [0.2, 0.25) is 0 Å². The lowest BCUT2D eigenvalue weighted by Crippen LogP contribution is -2.62. The van der Waals surface area contributed by atoms with Crippen LogP contribution in [0.15, 0.2) is 89.8 Å².